The maximum Gasteiger partial charge on any atom is 0.240 e. The van der Waals surface area contributed by atoms with Crippen LogP contribution in [0.4, 0.5) is 0 Å². The van der Waals surface area contributed by atoms with Crippen LogP contribution < -0.4 is 10.5 Å². The van der Waals surface area contributed by atoms with Crippen LogP contribution in [0.3, 0.4) is 0 Å². The van der Waals surface area contributed by atoms with Crippen LogP contribution in [0.15, 0.2) is 23.1 Å². The number of sulfonamides is 1. The largest absolute Gasteiger partial charge is 0.326 e. The molecule has 1 fully saturated rings. The van der Waals surface area contributed by atoms with Gasteiger partial charge < -0.3 is 5.73 Å². The van der Waals surface area contributed by atoms with E-state index in [1.807, 2.05) is 0 Å². The van der Waals surface area contributed by atoms with E-state index < -0.39 is 10.0 Å². The van der Waals surface area contributed by atoms with E-state index in [0.717, 1.165) is 24.8 Å². The molecule has 3 N–H and O–H groups in total. The molecule has 6 heteroatoms. The van der Waals surface area contributed by atoms with E-state index in [-0.39, 0.29) is 10.9 Å². The van der Waals surface area contributed by atoms with Gasteiger partial charge >= 0.3 is 0 Å². The molecule has 1 aliphatic carbocycles. The van der Waals surface area contributed by atoms with Crippen LogP contribution in [0, 0.1) is 5.92 Å². The van der Waals surface area contributed by atoms with Crippen molar-refractivity contribution in [2.45, 2.75) is 50.1 Å². The summed E-state index contributed by atoms with van der Waals surface area (Å²) in [7, 11) is -3.51. The molecule has 112 valence electrons. The lowest BCUT2D eigenvalue weighted by molar-refractivity contribution is 0.327. The SMILES string of the molecule is CC1CCCC(NS(=O)(=O)c2ccc(CN)c(Cl)c2)C1. The highest BCUT2D eigenvalue weighted by Gasteiger charge is 2.24. The summed E-state index contributed by atoms with van der Waals surface area (Å²) in [5.41, 5.74) is 6.27. The van der Waals surface area contributed by atoms with Gasteiger partial charge in [0, 0.05) is 17.6 Å². The molecule has 1 aromatic rings. The zero-order valence-corrected chi connectivity index (χ0v) is 13.2. The number of halogens is 1. The van der Waals surface area contributed by atoms with Crippen molar-refractivity contribution in [2.75, 3.05) is 0 Å². The van der Waals surface area contributed by atoms with Crippen molar-refractivity contribution in [3.63, 3.8) is 0 Å². The molecule has 2 unspecified atom stereocenters. The standard InChI is InChI=1S/C14H21ClN2O2S/c1-10-3-2-4-12(7-10)17-20(18,19)13-6-5-11(9-16)14(15)8-13/h5-6,8,10,12,17H,2-4,7,9,16H2,1H3. The normalized spacial score (nSPS) is 23.8. The summed E-state index contributed by atoms with van der Waals surface area (Å²) in [6.45, 7) is 2.46. The summed E-state index contributed by atoms with van der Waals surface area (Å²) in [6, 6.07) is 4.72. The van der Waals surface area contributed by atoms with E-state index in [1.54, 1.807) is 12.1 Å². The van der Waals surface area contributed by atoms with Gasteiger partial charge in [0.2, 0.25) is 10.0 Å². The topological polar surface area (TPSA) is 72.2 Å². The van der Waals surface area contributed by atoms with Gasteiger partial charge in [-0.05, 0) is 36.5 Å². The third-order valence-electron chi connectivity index (χ3n) is 3.81. The molecule has 2 atom stereocenters. The van der Waals surface area contributed by atoms with Gasteiger partial charge in [0.15, 0.2) is 0 Å². The summed E-state index contributed by atoms with van der Waals surface area (Å²) in [6.07, 6.45) is 4.04. The maximum absolute atomic E-state index is 12.4. The molecule has 0 saturated heterocycles. The average Bonchev–Trinajstić information content (AvgIpc) is 2.38. The molecule has 0 aliphatic heterocycles. The molecule has 0 radical (unpaired) electrons. The first kappa shape index (κ1) is 15.8. The van der Waals surface area contributed by atoms with Crippen LogP contribution in [0.1, 0.15) is 38.2 Å². The first-order valence-electron chi connectivity index (χ1n) is 6.93. The maximum atomic E-state index is 12.4. The average molecular weight is 317 g/mol. The van der Waals surface area contributed by atoms with Crippen LogP contribution in [-0.4, -0.2) is 14.5 Å². The van der Waals surface area contributed by atoms with E-state index in [2.05, 4.69) is 11.6 Å². The minimum Gasteiger partial charge on any atom is -0.326 e. The predicted octanol–water partition coefficient (Wildman–Crippen LogP) is 2.66. The van der Waals surface area contributed by atoms with Gasteiger partial charge in [0.1, 0.15) is 0 Å². The van der Waals surface area contributed by atoms with E-state index in [1.165, 1.54) is 12.5 Å². The number of rotatable bonds is 4. The monoisotopic (exact) mass is 316 g/mol. The second-order valence-electron chi connectivity index (χ2n) is 5.55. The van der Waals surface area contributed by atoms with Gasteiger partial charge in [0.05, 0.1) is 4.90 Å². The Morgan fingerprint density at radius 2 is 2.15 bits per heavy atom. The Hall–Kier alpha value is -0.620. The fourth-order valence-electron chi connectivity index (χ4n) is 2.69. The van der Waals surface area contributed by atoms with Crippen LogP contribution in [0.25, 0.3) is 0 Å². The molecule has 20 heavy (non-hydrogen) atoms. The van der Waals surface area contributed by atoms with Gasteiger partial charge in [-0.15, -0.1) is 0 Å². The molecule has 0 amide bonds. The first-order chi connectivity index (χ1) is 9.42. The van der Waals surface area contributed by atoms with Crippen LogP contribution in [0.5, 0.6) is 0 Å². The summed E-state index contributed by atoms with van der Waals surface area (Å²) >= 11 is 6.03. The highest BCUT2D eigenvalue weighted by Crippen LogP contribution is 2.26. The molecule has 4 nitrogen and oxygen atoms in total. The Morgan fingerprint density at radius 3 is 2.75 bits per heavy atom. The molecule has 1 aromatic carbocycles. The summed E-state index contributed by atoms with van der Waals surface area (Å²) in [4.78, 5) is 0.206. The van der Waals surface area contributed by atoms with Gasteiger partial charge in [0.25, 0.3) is 0 Å². The van der Waals surface area contributed by atoms with Crippen molar-refractivity contribution in [3.05, 3.63) is 28.8 Å². The summed E-state index contributed by atoms with van der Waals surface area (Å²) in [5, 5.41) is 0.396. The second kappa shape index (κ2) is 6.43. The Balaban J connectivity index is 2.15. The van der Waals surface area contributed by atoms with Crippen LogP contribution >= 0.6 is 11.6 Å². The molecule has 1 saturated carbocycles. The number of benzene rings is 1. The third-order valence-corrected chi connectivity index (χ3v) is 5.68. The summed E-state index contributed by atoms with van der Waals surface area (Å²) < 4.78 is 27.5. The lowest BCUT2D eigenvalue weighted by atomic mass is 9.88. The number of hydrogen-bond acceptors (Lipinski definition) is 3. The summed E-state index contributed by atoms with van der Waals surface area (Å²) in [5.74, 6) is 0.569. The number of nitrogens with two attached hydrogens (primary N) is 1. The lowest BCUT2D eigenvalue weighted by Crippen LogP contribution is -2.37. The highest BCUT2D eigenvalue weighted by atomic mass is 35.5. The third kappa shape index (κ3) is 3.73. The van der Waals surface area contributed by atoms with Gasteiger partial charge in [-0.1, -0.05) is 37.4 Å². The predicted molar refractivity (Wildman–Crippen MR) is 81.1 cm³/mol. The Bertz CT molecular complexity index is 575. The van der Waals surface area contributed by atoms with Gasteiger partial charge in [-0.3, -0.25) is 0 Å². The van der Waals surface area contributed by atoms with Crippen molar-refractivity contribution in [1.82, 2.24) is 4.72 Å². The molecule has 0 spiro atoms. The van der Waals surface area contributed by atoms with Crippen LogP contribution in [-0.2, 0) is 16.6 Å². The van der Waals surface area contributed by atoms with Crippen molar-refractivity contribution in [3.8, 4) is 0 Å². The quantitative estimate of drug-likeness (QED) is 0.897. The van der Waals surface area contributed by atoms with Crippen molar-refractivity contribution >= 4 is 21.6 Å². The van der Waals surface area contributed by atoms with Crippen molar-refractivity contribution in [2.24, 2.45) is 11.7 Å². The number of hydrogen-bond donors (Lipinski definition) is 2. The van der Waals surface area contributed by atoms with Gasteiger partial charge in [-0.2, -0.15) is 0 Å². The van der Waals surface area contributed by atoms with E-state index in [9.17, 15) is 8.42 Å². The van der Waals surface area contributed by atoms with E-state index in [4.69, 9.17) is 17.3 Å². The fraction of sp³-hybridized carbons (Fsp3) is 0.571. The smallest absolute Gasteiger partial charge is 0.240 e. The first-order valence-corrected chi connectivity index (χ1v) is 8.79. The zero-order chi connectivity index (χ0) is 14.8. The molecule has 0 heterocycles. The Kier molecular flexibility index (Phi) is 5.07. The number of nitrogens with one attached hydrogen (secondary N) is 1. The van der Waals surface area contributed by atoms with Crippen LogP contribution in [0.2, 0.25) is 5.02 Å². The minimum atomic E-state index is -3.51. The fourth-order valence-corrected chi connectivity index (χ4v) is 4.32. The molecule has 2 rings (SSSR count). The molecular weight excluding hydrogens is 296 g/mol. The zero-order valence-electron chi connectivity index (χ0n) is 11.6. The molecule has 0 bridgehead atoms. The van der Waals surface area contributed by atoms with E-state index in [0.29, 0.717) is 17.5 Å². The lowest BCUT2D eigenvalue weighted by Gasteiger charge is -2.27. The Labute approximate surface area is 125 Å². The van der Waals surface area contributed by atoms with Crippen molar-refractivity contribution < 1.29 is 8.42 Å². The Morgan fingerprint density at radius 1 is 1.40 bits per heavy atom. The highest BCUT2D eigenvalue weighted by molar-refractivity contribution is 7.89. The van der Waals surface area contributed by atoms with E-state index >= 15 is 0 Å². The molecule has 1 aliphatic rings. The van der Waals surface area contributed by atoms with Crippen molar-refractivity contribution in [1.29, 1.82) is 0 Å². The minimum absolute atomic E-state index is 0.0247. The molecular formula is C14H21ClN2O2S. The second-order valence-corrected chi connectivity index (χ2v) is 7.67. The van der Waals surface area contributed by atoms with Gasteiger partial charge in [-0.25, -0.2) is 13.1 Å². The molecule has 0 aromatic heterocycles.